The molecule has 0 saturated heterocycles. The maximum Gasteiger partial charge on any atom is 0.211 e. The second-order valence-corrected chi connectivity index (χ2v) is 3.86. The maximum absolute atomic E-state index is 10.4. The molecule has 0 unspecified atom stereocenters. The predicted octanol–water partition coefficient (Wildman–Crippen LogP) is 2.71. The van der Waals surface area contributed by atoms with Crippen molar-refractivity contribution in [3.05, 3.63) is 59.7 Å². The summed E-state index contributed by atoms with van der Waals surface area (Å²) >= 11 is 0. The summed E-state index contributed by atoms with van der Waals surface area (Å²) in [6.45, 7) is 0.375. The number of nitriles is 1. The van der Waals surface area contributed by atoms with E-state index in [0.29, 0.717) is 30.0 Å². The van der Waals surface area contributed by atoms with E-state index in [-0.39, 0.29) is 0 Å². The third-order valence-electron chi connectivity index (χ3n) is 2.56. The van der Waals surface area contributed by atoms with Crippen LogP contribution in [0.5, 0.6) is 5.75 Å². The van der Waals surface area contributed by atoms with Crippen LogP contribution in [0.15, 0.2) is 48.5 Å². The van der Waals surface area contributed by atoms with Gasteiger partial charge in [-0.3, -0.25) is 4.79 Å². The average Bonchev–Trinajstić information content (AvgIpc) is 2.47. The van der Waals surface area contributed by atoms with Crippen LogP contribution >= 0.6 is 0 Å². The summed E-state index contributed by atoms with van der Waals surface area (Å²) in [5.41, 5.74) is 2.05. The molecule has 4 heteroatoms. The van der Waals surface area contributed by atoms with E-state index >= 15 is 0 Å². The van der Waals surface area contributed by atoms with Crippen molar-refractivity contribution in [3.8, 4) is 11.8 Å². The van der Waals surface area contributed by atoms with E-state index in [9.17, 15) is 4.79 Å². The summed E-state index contributed by atoms with van der Waals surface area (Å²) in [6, 6.07) is 16.6. The molecule has 0 aliphatic carbocycles. The Morgan fingerprint density at radius 1 is 1.21 bits per heavy atom. The molecular formula is C15H12N2O2. The molecule has 94 valence electrons. The average molecular weight is 252 g/mol. The van der Waals surface area contributed by atoms with E-state index in [4.69, 9.17) is 10.00 Å². The zero-order valence-electron chi connectivity index (χ0n) is 10.2. The number of hydrogen-bond acceptors (Lipinski definition) is 3. The van der Waals surface area contributed by atoms with Crippen LogP contribution in [0.1, 0.15) is 11.1 Å². The van der Waals surface area contributed by atoms with Crippen LogP contribution in [-0.4, -0.2) is 6.41 Å². The van der Waals surface area contributed by atoms with Crippen molar-refractivity contribution in [3.63, 3.8) is 0 Å². The molecule has 1 amide bonds. The van der Waals surface area contributed by atoms with Gasteiger partial charge in [-0.2, -0.15) is 5.26 Å². The van der Waals surface area contributed by atoms with Gasteiger partial charge in [-0.25, -0.2) is 0 Å². The molecule has 2 aromatic rings. The van der Waals surface area contributed by atoms with Crippen molar-refractivity contribution in [2.24, 2.45) is 0 Å². The first kappa shape index (κ1) is 12.7. The van der Waals surface area contributed by atoms with Crippen LogP contribution < -0.4 is 10.1 Å². The number of ether oxygens (including phenoxy) is 1. The monoisotopic (exact) mass is 252 g/mol. The highest BCUT2D eigenvalue weighted by Gasteiger charge is 2.05. The van der Waals surface area contributed by atoms with Gasteiger partial charge in [0.25, 0.3) is 0 Å². The summed E-state index contributed by atoms with van der Waals surface area (Å²) in [7, 11) is 0. The number of hydrogen-bond donors (Lipinski definition) is 1. The van der Waals surface area contributed by atoms with Gasteiger partial charge in [0.1, 0.15) is 18.4 Å². The van der Waals surface area contributed by atoms with Crippen molar-refractivity contribution < 1.29 is 9.53 Å². The Balaban J connectivity index is 2.16. The fraction of sp³-hybridized carbons (Fsp3) is 0.0667. The Bertz CT molecular complexity index is 603. The Hall–Kier alpha value is -2.80. The molecule has 0 aliphatic heterocycles. The standard InChI is InChI=1S/C15H12N2O2/c16-9-13-6-7-14(17-11-18)8-15(13)19-10-12-4-2-1-3-5-12/h1-8,11H,10H2,(H,17,18). The number of amides is 1. The molecule has 19 heavy (non-hydrogen) atoms. The van der Waals surface area contributed by atoms with E-state index in [0.717, 1.165) is 5.56 Å². The summed E-state index contributed by atoms with van der Waals surface area (Å²) in [4.78, 5) is 10.4. The number of benzene rings is 2. The molecule has 0 heterocycles. The van der Waals surface area contributed by atoms with Crippen molar-refractivity contribution in [1.29, 1.82) is 5.26 Å². The van der Waals surface area contributed by atoms with Gasteiger partial charge in [0, 0.05) is 11.8 Å². The number of rotatable bonds is 5. The Labute approximate surface area is 111 Å². The molecule has 0 fully saturated rings. The van der Waals surface area contributed by atoms with Gasteiger partial charge in [-0.15, -0.1) is 0 Å². The summed E-state index contributed by atoms with van der Waals surface area (Å²) in [5, 5.41) is 11.5. The fourth-order valence-electron chi connectivity index (χ4n) is 1.63. The molecule has 0 spiro atoms. The van der Waals surface area contributed by atoms with Crippen LogP contribution in [-0.2, 0) is 11.4 Å². The molecule has 1 N–H and O–H groups in total. The van der Waals surface area contributed by atoms with Gasteiger partial charge in [0.2, 0.25) is 6.41 Å². The molecule has 0 atom stereocenters. The smallest absolute Gasteiger partial charge is 0.211 e. The Kier molecular flexibility index (Phi) is 4.14. The van der Waals surface area contributed by atoms with Gasteiger partial charge in [-0.05, 0) is 17.7 Å². The highest BCUT2D eigenvalue weighted by atomic mass is 16.5. The largest absolute Gasteiger partial charge is 0.487 e. The molecule has 0 aliphatic rings. The lowest BCUT2D eigenvalue weighted by Gasteiger charge is -2.09. The van der Waals surface area contributed by atoms with Gasteiger partial charge in [-0.1, -0.05) is 30.3 Å². The topological polar surface area (TPSA) is 62.1 Å². The molecule has 2 aromatic carbocycles. The van der Waals surface area contributed by atoms with Crippen LogP contribution in [0.2, 0.25) is 0 Å². The minimum atomic E-state index is 0.375. The second-order valence-electron chi connectivity index (χ2n) is 3.86. The molecule has 4 nitrogen and oxygen atoms in total. The third kappa shape index (κ3) is 3.33. The SMILES string of the molecule is N#Cc1ccc(NC=O)cc1OCc1ccccc1. The van der Waals surface area contributed by atoms with Crippen LogP contribution in [0.3, 0.4) is 0 Å². The van der Waals surface area contributed by atoms with Crippen LogP contribution in [0.4, 0.5) is 5.69 Å². The van der Waals surface area contributed by atoms with E-state index in [2.05, 4.69) is 11.4 Å². The Morgan fingerprint density at radius 2 is 2.00 bits per heavy atom. The molecule has 0 aromatic heterocycles. The third-order valence-corrected chi connectivity index (χ3v) is 2.56. The summed E-state index contributed by atoms with van der Waals surface area (Å²) in [5.74, 6) is 0.457. The second kappa shape index (κ2) is 6.22. The number of nitrogens with zero attached hydrogens (tertiary/aromatic N) is 1. The van der Waals surface area contributed by atoms with E-state index in [1.807, 2.05) is 30.3 Å². The molecule has 0 bridgehead atoms. The number of carbonyl (C=O) groups excluding carboxylic acids is 1. The number of nitrogens with one attached hydrogen (secondary N) is 1. The lowest BCUT2D eigenvalue weighted by molar-refractivity contribution is -0.105. The van der Waals surface area contributed by atoms with Gasteiger partial charge in [0.15, 0.2) is 0 Å². The van der Waals surface area contributed by atoms with Gasteiger partial charge in [0.05, 0.1) is 5.56 Å². The predicted molar refractivity (Wildman–Crippen MR) is 71.6 cm³/mol. The lowest BCUT2D eigenvalue weighted by Crippen LogP contribution is -1.99. The zero-order valence-corrected chi connectivity index (χ0v) is 10.2. The molecule has 0 saturated carbocycles. The summed E-state index contributed by atoms with van der Waals surface area (Å²) < 4.78 is 5.62. The maximum atomic E-state index is 10.4. The lowest BCUT2D eigenvalue weighted by atomic mass is 10.2. The normalized spacial score (nSPS) is 9.42. The van der Waals surface area contributed by atoms with E-state index < -0.39 is 0 Å². The van der Waals surface area contributed by atoms with E-state index in [1.54, 1.807) is 18.2 Å². The molecular weight excluding hydrogens is 240 g/mol. The van der Waals surface area contributed by atoms with Crippen molar-refractivity contribution >= 4 is 12.1 Å². The van der Waals surface area contributed by atoms with Crippen LogP contribution in [0.25, 0.3) is 0 Å². The molecule has 2 rings (SSSR count). The van der Waals surface area contributed by atoms with E-state index in [1.165, 1.54) is 0 Å². The quantitative estimate of drug-likeness (QED) is 0.832. The van der Waals surface area contributed by atoms with Crippen LogP contribution in [0, 0.1) is 11.3 Å². The van der Waals surface area contributed by atoms with Crippen molar-refractivity contribution in [2.75, 3.05) is 5.32 Å². The minimum absolute atomic E-state index is 0.375. The fourth-order valence-corrected chi connectivity index (χ4v) is 1.63. The minimum Gasteiger partial charge on any atom is -0.487 e. The number of anilines is 1. The first-order valence-electron chi connectivity index (χ1n) is 5.74. The highest BCUT2D eigenvalue weighted by Crippen LogP contribution is 2.23. The zero-order chi connectivity index (χ0) is 13.5. The van der Waals surface area contributed by atoms with Gasteiger partial charge >= 0.3 is 0 Å². The van der Waals surface area contributed by atoms with Crippen molar-refractivity contribution in [1.82, 2.24) is 0 Å². The van der Waals surface area contributed by atoms with Gasteiger partial charge < -0.3 is 10.1 Å². The Morgan fingerprint density at radius 3 is 2.68 bits per heavy atom. The number of carbonyl (C=O) groups is 1. The first-order valence-corrected chi connectivity index (χ1v) is 5.74. The summed E-state index contributed by atoms with van der Waals surface area (Å²) in [6.07, 6.45) is 0.586. The first-order chi connectivity index (χ1) is 9.33. The molecule has 0 radical (unpaired) electrons. The van der Waals surface area contributed by atoms with Crippen molar-refractivity contribution in [2.45, 2.75) is 6.61 Å². The highest BCUT2D eigenvalue weighted by molar-refractivity contribution is 5.72.